The minimum absolute atomic E-state index is 0.0872. The lowest BCUT2D eigenvalue weighted by Gasteiger charge is -2.17. The molecule has 0 radical (unpaired) electrons. The summed E-state index contributed by atoms with van der Waals surface area (Å²) in [4.78, 5) is 24.5. The minimum Gasteiger partial charge on any atom is -0.394 e. The second-order valence-corrected chi connectivity index (χ2v) is 6.35. The van der Waals surface area contributed by atoms with E-state index >= 15 is 0 Å². The standard InChI is InChI=1S/C10H16N3O6P/c1-20(16,17)19-6-4-9(18-7(6)5-14)13-3-2-8(11)12-10(13)15/h2-3,6-7,9,14H,4-5H2,1H3,(H,16,17)(H2,11,12,15)/t6-,7+,9+/m0/s1. The summed E-state index contributed by atoms with van der Waals surface area (Å²) in [5.41, 5.74) is 4.79. The first-order valence-corrected chi connectivity index (χ1v) is 7.92. The summed E-state index contributed by atoms with van der Waals surface area (Å²) in [6, 6.07) is 1.43. The Bertz CT molecular complexity index is 585. The summed E-state index contributed by atoms with van der Waals surface area (Å²) >= 11 is 0. The molecule has 9 nitrogen and oxygen atoms in total. The van der Waals surface area contributed by atoms with Crippen molar-refractivity contribution >= 4 is 13.4 Å². The second kappa shape index (κ2) is 5.63. The van der Waals surface area contributed by atoms with Gasteiger partial charge in [0.15, 0.2) is 0 Å². The highest BCUT2D eigenvalue weighted by molar-refractivity contribution is 7.51. The van der Waals surface area contributed by atoms with Gasteiger partial charge in [0.1, 0.15) is 18.1 Å². The summed E-state index contributed by atoms with van der Waals surface area (Å²) in [6.07, 6.45) is -0.740. The Hall–Kier alpha value is -1.25. The molecule has 20 heavy (non-hydrogen) atoms. The van der Waals surface area contributed by atoms with Crippen molar-refractivity contribution in [2.75, 3.05) is 19.0 Å². The molecule has 0 aliphatic carbocycles. The van der Waals surface area contributed by atoms with Crippen molar-refractivity contribution in [2.24, 2.45) is 0 Å². The first kappa shape index (κ1) is 15.1. The van der Waals surface area contributed by atoms with Crippen molar-refractivity contribution < 1.29 is 23.8 Å². The quantitative estimate of drug-likeness (QED) is 0.621. The van der Waals surface area contributed by atoms with Crippen LogP contribution in [0.25, 0.3) is 0 Å². The SMILES string of the molecule is CP(=O)(O)O[C@H]1C[C@H](n2ccc(N)nc2=O)O[C@@H]1CO. The number of aliphatic hydroxyl groups is 1. The van der Waals surface area contributed by atoms with Gasteiger partial charge < -0.3 is 25.0 Å². The summed E-state index contributed by atoms with van der Waals surface area (Å²) in [5, 5.41) is 9.21. The Morgan fingerprint density at radius 1 is 1.70 bits per heavy atom. The van der Waals surface area contributed by atoms with Crippen LogP contribution in [0.15, 0.2) is 17.1 Å². The molecule has 1 fully saturated rings. The van der Waals surface area contributed by atoms with Crippen molar-refractivity contribution in [3.05, 3.63) is 22.7 Å². The topological polar surface area (TPSA) is 137 Å². The van der Waals surface area contributed by atoms with Gasteiger partial charge in [-0.3, -0.25) is 9.13 Å². The van der Waals surface area contributed by atoms with Gasteiger partial charge in [-0.05, 0) is 6.07 Å². The van der Waals surface area contributed by atoms with Crippen LogP contribution in [0.3, 0.4) is 0 Å². The molecular weight excluding hydrogens is 289 g/mol. The predicted molar refractivity (Wildman–Crippen MR) is 69.1 cm³/mol. The number of aliphatic hydroxyl groups excluding tert-OH is 1. The molecule has 112 valence electrons. The molecule has 4 N–H and O–H groups in total. The van der Waals surface area contributed by atoms with Crippen LogP contribution in [0, 0.1) is 0 Å². The van der Waals surface area contributed by atoms with Crippen molar-refractivity contribution in [3.63, 3.8) is 0 Å². The Morgan fingerprint density at radius 2 is 2.40 bits per heavy atom. The lowest BCUT2D eigenvalue weighted by molar-refractivity contribution is -0.0429. The van der Waals surface area contributed by atoms with E-state index in [1.54, 1.807) is 0 Å². The van der Waals surface area contributed by atoms with Crippen molar-refractivity contribution in [3.8, 4) is 0 Å². The summed E-state index contributed by atoms with van der Waals surface area (Å²) in [5.74, 6) is 0.0872. The molecule has 2 heterocycles. The van der Waals surface area contributed by atoms with Gasteiger partial charge in [-0.15, -0.1) is 0 Å². The molecular formula is C10H16N3O6P. The van der Waals surface area contributed by atoms with E-state index in [9.17, 15) is 19.4 Å². The lowest BCUT2D eigenvalue weighted by atomic mass is 10.2. The normalized spacial score (nSPS) is 29.2. The monoisotopic (exact) mass is 305 g/mol. The Kier molecular flexibility index (Phi) is 4.26. The number of anilines is 1. The molecule has 0 bridgehead atoms. The smallest absolute Gasteiger partial charge is 0.351 e. The molecule has 2 rings (SSSR count). The van der Waals surface area contributed by atoms with E-state index in [-0.39, 0.29) is 12.2 Å². The van der Waals surface area contributed by atoms with E-state index < -0.39 is 38.3 Å². The van der Waals surface area contributed by atoms with E-state index in [0.29, 0.717) is 0 Å². The Labute approximate surface area is 114 Å². The summed E-state index contributed by atoms with van der Waals surface area (Å²) in [7, 11) is -3.72. The average Bonchev–Trinajstić information content (AvgIpc) is 2.69. The van der Waals surface area contributed by atoms with E-state index in [0.717, 1.165) is 6.66 Å². The molecule has 0 amide bonds. The molecule has 0 saturated carbocycles. The van der Waals surface area contributed by atoms with E-state index in [1.807, 2.05) is 0 Å². The lowest BCUT2D eigenvalue weighted by Crippen LogP contribution is -2.28. The van der Waals surface area contributed by atoms with Crippen molar-refractivity contribution in [2.45, 2.75) is 24.9 Å². The van der Waals surface area contributed by atoms with Gasteiger partial charge in [0.25, 0.3) is 0 Å². The fourth-order valence-electron chi connectivity index (χ4n) is 2.04. The van der Waals surface area contributed by atoms with Crippen LogP contribution in [0.5, 0.6) is 0 Å². The van der Waals surface area contributed by atoms with Gasteiger partial charge in [0, 0.05) is 19.3 Å². The van der Waals surface area contributed by atoms with Gasteiger partial charge in [-0.2, -0.15) is 4.98 Å². The molecule has 0 spiro atoms. The van der Waals surface area contributed by atoms with E-state index in [2.05, 4.69) is 4.98 Å². The first-order valence-electron chi connectivity index (χ1n) is 5.90. The number of nitrogens with zero attached hydrogens (tertiary/aromatic N) is 2. The van der Waals surface area contributed by atoms with Gasteiger partial charge in [0.05, 0.1) is 12.7 Å². The Balaban J connectivity index is 2.20. The van der Waals surface area contributed by atoms with Crippen LogP contribution < -0.4 is 11.4 Å². The van der Waals surface area contributed by atoms with Crippen molar-refractivity contribution in [1.82, 2.24) is 9.55 Å². The third-order valence-electron chi connectivity index (χ3n) is 2.85. The predicted octanol–water partition coefficient (Wildman–Crippen LogP) is -0.694. The number of aromatic nitrogens is 2. The second-order valence-electron chi connectivity index (χ2n) is 4.54. The van der Waals surface area contributed by atoms with E-state index in [4.69, 9.17) is 15.0 Å². The molecule has 10 heteroatoms. The summed E-state index contributed by atoms with van der Waals surface area (Å²) in [6.45, 7) is 0.657. The molecule has 4 atom stereocenters. The molecule has 1 aromatic heterocycles. The number of nitrogens with two attached hydrogens (primary N) is 1. The maximum absolute atomic E-state index is 11.7. The molecule has 1 aliphatic heterocycles. The maximum atomic E-state index is 11.7. The third kappa shape index (κ3) is 3.44. The number of nitrogen functional groups attached to an aromatic ring is 1. The number of ether oxygens (including phenoxy) is 1. The first-order chi connectivity index (χ1) is 9.30. The summed E-state index contributed by atoms with van der Waals surface area (Å²) < 4.78 is 22.9. The zero-order valence-electron chi connectivity index (χ0n) is 10.7. The van der Waals surface area contributed by atoms with Gasteiger partial charge in [-0.25, -0.2) is 4.79 Å². The molecule has 0 aromatic carbocycles. The molecule has 1 aromatic rings. The number of hydrogen-bond donors (Lipinski definition) is 3. The minimum atomic E-state index is -3.72. The maximum Gasteiger partial charge on any atom is 0.351 e. The van der Waals surface area contributed by atoms with Gasteiger partial charge in [0.2, 0.25) is 0 Å². The fraction of sp³-hybridized carbons (Fsp3) is 0.600. The molecule has 1 aliphatic rings. The van der Waals surface area contributed by atoms with Crippen LogP contribution in [-0.2, 0) is 13.8 Å². The number of hydrogen-bond acceptors (Lipinski definition) is 7. The van der Waals surface area contributed by atoms with E-state index in [1.165, 1.54) is 16.8 Å². The van der Waals surface area contributed by atoms with Crippen LogP contribution >= 0.6 is 7.60 Å². The highest BCUT2D eigenvalue weighted by atomic mass is 31.2. The number of rotatable bonds is 4. The van der Waals surface area contributed by atoms with Gasteiger partial charge in [-0.1, -0.05) is 0 Å². The van der Waals surface area contributed by atoms with Crippen LogP contribution in [0.1, 0.15) is 12.6 Å². The fourth-order valence-corrected chi connectivity index (χ4v) is 2.77. The average molecular weight is 305 g/mol. The molecule has 1 saturated heterocycles. The zero-order valence-corrected chi connectivity index (χ0v) is 11.6. The van der Waals surface area contributed by atoms with Crippen LogP contribution in [0.2, 0.25) is 0 Å². The van der Waals surface area contributed by atoms with Crippen LogP contribution in [-0.4, -0.2) is 45.0 Å². The third-order valence-corrected chi connectivity index (χ3v) is 3.52. The highest BCUT2D eigenvalue weighted by Crippen LogP contribution is 2.43. The Morgan fingerprint density at radius 3 is 2.95 bits per heavy atom. The molecule has 1 unspecified atom stereocenters. The van der Waals surface area contributed by atoms with Crippen LogP contribution in [0.4, 0.5) is 5.82 Å². The largest absolute Gasteiger partial charge is 0.394 e. The van der Waals surface area contributed by atoms with Crippen molar-refractivity contribution in [1.29, 1.82) is 0 Å². The highest BCUT2D eigenvalue weighted by Gasteiger charge is 2.39. The zero-order chi connectivity index (χ0) is 14.9. The van der Waals surface area contributed by atoms with Gasteiger partial charge >= 0.3 is 13.3 Å².